The Labute approximate surface area is 180 Å². The fourth-order valence-electron chi connectivity index (χ4n) is 3.03. The first kappa shape index (κ1) is 22.7. The summed E-state index contributed by atoms with van der Waals surface area (Å²) in [5.74, 6) is 0.836. The van der Waals surface area contributed by atoms with Crippen LogP contribution in [0, 0.1) is 5.92 Å². The van der Waals surface area contributed by atoms with Gasteiger partial charge < -0.3 is 26.0 Å². The highest BCUT2D eigenvalue weighted by atomic mass is 32.2. The van der Waals surface area contributed by atoms with Crippen LogP contribution in [0.2, 0.25) is 0 Å². The van der Waals surface area contributed by atoms with Gasteiger partial charge in [-0.25, -0.2) is 4.98 Å². The zero-order valence-electron chi connectivity index (χ0n) is 17.7. The number of anilines is 4. The Kier molecular flexibility index (Phi) is 6.34. The van der Waals surface area contributed by atoms with Gasteiger partial charge in [-0.2, -0.15) is 18.4 Å². The van der Waals surface area contributed by atoms with Gasteiger partial charge in [-0.3, -0.25) is 4.55 Å². The van der Waals surface area contributed by atoms with Crippen LogP contribution in [0.5, 0.6) is 0 Å². The number of benzene rings is 1. The molecule has 0 fully saturated rings. The maximum Gasteiger partial charge on any atom is 0.296 e. The molecule has 3 rings (SSSR count). The highest BCUT2D eigenvalue weighted by molar-refractivity contribution is 7.86. The van der Waals surface area contributed by atoms with Gasteiger partial charge in [0.05, 0.1) is 24.7 Å². The van der Waals surface area contributed by atoms with Crippen molar-refractivity contribution < 1.29 is 18.1 Å². The number of hydrogen-bond acceptors (Lipinski definition) is 9. The number of fused-ring (bicyclic) bond motifs is 1. The molecule has 12 heteroatoms. The third-order valence-electron chi connectivity index (χ3n) is 4.84. The molecule has 0 saturated carbocycles. The van der Waals surface area contributed by atoms with Crippen LogP contribution < -0.4 is 16.4 Å². The first-order valence-electron chi connectivity index (χ1n) is 9.77. The van der Waals surface area contributed by atoms with Crippen molar-refractivity contribution in [3.8, 4) is 0 Å². The van der Waals surface area contributed by atoms with Crippen molar-refractivity contribution in [3.63, 3.8) is 0 Å². The second-order valence-corrected chi connectivity index (χ2v) is 9.23. The van der Waals surface area contributed by atoms with E-state index < -0.39 is 10.1 Å². The summed E-state index contributed by atoms with van der Waals surface area (Å²) >= 11 is 0. The second kappa shape index (κ2) is 8.65. The summed E-state index contributed by atoms with van der Waals surface area (Å²) in [6.45, 7) is 7.87. The van der Waals surface area contributed by atoms with Crippen molar-refractivity contribution in [1.82, 2.24) is 19.5 Å². The minimum Gasteiger partial charge on any atom is -0.398 e. The number of nitrogen functional groups attached to an aromatic ring is 1. The molecule has 0 radical (unpaired) electrons. The van der Waals surface area contributed by atoms with E-state index in [0.29, 0.717) is 28.6 Å². The van der Waals surface area contributed by atoms with Gasteiger partial charge in [0.25, 0.3) is 10.1 Å². The largest absolute Gasteiger partial charge is 0.398 e. The van der Waals surface area contributed by atoms with E-state index in [1.165, 1.54) is 18.2 Å². The van der Waals surface area contributed by atoms with Gasteiger partial charge in [0.15, 0.2) is 17.0 Å². The van der Waals surface area contributed by atoms with Gasteiger partial charge in [-0.05, 0) is 38.0 Å². The highest BCUT2D eigenvalue weighted by Gasteiger charge is 2.19. The summed E-state index contributed by atoms with van der Waals surface area (Å²) in [7, 11) is -4.42. The Hall–Kier alpha value is -2.96. The average molecular weight is 450 g/mol. The molecular weight excluding hydrogens is 422 g/mol. The number of aliphatic hydroxyl groups excluding tert-OH is 1. The molecule has 168 valence electrons. The van der Waals surface area contributed by atoms with Gasteiger partial charge in [0, 0.05) is 11.7 Å². The van der Waals surface area contributed by atoms with E-state index in [0.717, 1.165) is 0 Å². The topological polar surface area (TPSA) is 168 Å². The Morgan fingerprint density at radius 1 is 1.19 bits per heavy atom. The van der Waals surface area contributed by atoms with E-state index in [4.69, 9.17) is 5.73 Å². The third kappa shape index (κ3) is 4.86. The number of nitrogens with zero attached hydrogens (tertiary/aromatic N) is 4. The summed E-state index contributed by atoms with van der Waals surface area (Å²) in [6.07, 6.45) is 1.67. The molecular formula is C19H27N7O4S. The Bertz CT molecular complexity index is 1190. The summed E-state index contributed by atoms with van der Waals surface area (Å²) in [6, 6.07) is 3.91. The number of imidazole rings is 1. The fraction of sp³-hybridized carbons (Fsp3) is 0.421. The first-order chi connectivity index (χ1) is 14.5. The maximum absolute atomic E-state index is 11.4. The van der Waals surface area contributed by atoms with E-state index in [2.05, 4.69) is 25.6 Å². The smallest absolute Gasteiger partial charge is 0.296 e. The lowest BCUT2D eigenvalue weighted by Gasteiger charge is -2.20. The molecule has 11 nitrogen and oxygen atoms in total. The molecule has 0 aliphatic rings. The fourth-order valence-corrected chi connectivity index (χ4v) is 3.63. The van der Waals surface area contributed by atoms with E-state index in [1.54, 1.807) is 6.33 Å². The van der Waals surface area contributed by atoms with Crippen molar-refractivity contribution >= 4 is 44.4 Å². The van der Waals surface area contributed by atoms with Crippen LogP contribution in [0.1, 0.15) is 33.7 Å². The lowest BCUT2D eigenvalue weighted by molar-refractivity contribution is 0.248. The molecule has 6 N–H and O–H groups in total. The Morgan fingerprint density at radius 3 is 2.45 bits per heavy atom. The van der Waals surface area contributed by atoms with Crippen LogP contribution in [-0.2, 0) is 10.1 Å². The first-order valence-corrected chi connectivity index (χ1v) is 11.2. The van der Waals surface area contributed by atoms with E-state index in [1.807, 2.05) is 32.3 Å². The number of nitrogens with one attached hydrogen (secondary N) is 2. The minimum absolute atomic E-state index is 0.0844. The normalized spacial score (nSPS) is 13.2. The Balaban J connectivity index is 2.07. The standard InChI is InChI=1S/C19H27N7O4S/c1-10(2)14(8-27)23-19-24-17(16-18(25-19)26(9-21-16)11(3)4)22-12-5-6-15(13(20)7-12)31(28,29)30/h5-7,9-11,14,27H,8,20H2,1-4H3,(H,28,29,30)(H2,22,23,24,25). The third-order valence-corrected chi connectivity index (χ3v) is 5.77. The SMILES string of the molecule is CC(C)C(CO)Nc1nc(Nc2ccc(S(=O)(=O)O)c(N)c2)c2ncn(C(C)C)c2n1. The lowest BCUT2D eigenvalue weighted by atomic mass is 10.1. The molecule has 31 heavy (non-hydrogen) atoms. The van der Waals surface area contributed by atoms with Gasteiger partial charge in [0.1, 0.15) is 4.90 Å². The predicted octanol–water partition coefficient (Wildman–Crippen LogP) is 2.41. The van der Waals surface area contributed by atoms with Gasteiger partial charge >= 0.3 is 0 Å². The van der Waals surface area contributed by atoms with Gasteiger partial charge in [0.2, 0.25) is 5.95 Å². The van der Waals surface area contributed by atoms with Crippen molar-refractivity contribution in [2.24, 2.45) is 5.92 Å². The van der Waals surface area contributed by atoms with Crippen molar-refractivity contribution in [2.45, 2.75) is 44.7 Å². The van der Waals surface area contributed by atoms with E-state index in [-0.39, 0.29) is 35.2 Å². The number of nitrogens with two attached hydrogens (primary N) is 1. The van der Waals surface area contributed by atoms with Gasteiger partial charge in [-0.15, -0.1) is 0 Å². The minimum atomic E-state index is -4.42. The van der Waals surface area contributed by atoms with Crippen LogP contribution in [0.25, 0.3) is 11.2 Å². The monoisotopic (exact) mass is 449 g/mol. The summed E-state index contributed by atoms with van der Waals surface area (Å²) in [5, 5.41) is 15.9. The molecule has 1 atom stereocenters. The van der Waals surface area contributed by atoms with Gasteiger partial charge in [-0.1, -0.05) is 13.8 Å². The molecule has 0 spiro atoms. The summed E-state index contributed by atoms with van der Waals surface area (Å²) in [5.41, 5.74) is 7.25. The van der Waals surface area contributed by atoms with Crippen LogP contribution in [0.4, 0.5) is 23.1 Å². The molecule has 1 aromatic carbocycles. The highest BCUT2D eigenvalue weighted by Crippen LogP contribution is 2.29. The molecule has 1 unspecified atom stereocenters. The Morgan fingerprint density at radius 2 is 1.90 bits per heavy atom. The zero-order chi connectivity index (χ0) is 22.9. The number of aliphatic hydroxyl groups is 1. The van der Waals surface area contributed by atoms with Crippen LogP contribution >= 0.6 is 0 Å². The molecule has 2 aromatic heterocycles. The van der Waals surface area contributed by atoms with E-state index in [9.17, 15) is 18.1 Å². The molecule has 2 heterocycles. The number of rotatable bonds is 8. The maximum atomic E-state index is 11.4. The lowest BCUT2D eigenvalue weighted by Crippen LogP contribution is -2.30. The van der Waals surface area contributed by atoms with Crippen LogP contribution in [0.3, 0.4) is 0 Å². The average Bonchev–Trinajstić information content (AvgIpc) is 3.09. The molecule has 3 aromatic rings. The van der Waals surface area contributed by atoms with Crippen molar-refractivity contribution in [3.05, 3.63) is 24.5 Å². The number of hydrogen-bond donors (Lipinski definition) is 5. The number of aromatic nitrogens is 4. The van der Waals surface area contributed by atoms with Crippen molar-refractivity contribution in [1.29, 1.82) is 0 Å². The van der Waals surface area contributed by atoms with E-state index >= 15 is 0 Å². The molecule has 0 saturated heterocycles. The molecule has 0 aliphatic heterocycles. The van der Waals surface area contributed by atoms with Crippen LogP contribution in [-0.4, -0.2) is 50.2 Å². The van der Waals surface area contributed by atoms with Crippen molar-refractivity contribution in [2.75, 3.05) is 23.0 Å². The summed E-state index contributed by atoms with van der Waals surface area (Å²) in [4.78, 5) is 13.1. The quantitative estimate of drug-likeness (QED) is 0.254. The second-order valence-electron chi connectivity index (χ2n) is 7.84. The van der Waals surface area contributed by atoms with Crippen LogP contribution in [0.15, 0.2) is 29.4 Å². The molecule has 0 aliphatic carbocycles. The predicted molar refractivity (Wildman–Crippen MR) is 119 cm³/mol. The summed E-state index contributed by atoms with van der Waals surface area (Å²) < 4.78 is 33.9. The molecule has 0 amide bonds. The zero-order valence-corrected chi connectivity index (χ0v) is 18.6. The molecule has 0 bridgehead atoms.